The number of rotatable bonds is 7. The van der Waals surface area contributed by atoms with Gasteiger partial charge in [0.1, 0.15) is 18.3 Å². The molecule has 9 heteroatoms. The number of anilines is 2. The van der Waals surface area contributed by atoms with Gasteiger partial charge in [0.25, 0.3) is 5.91 Å². The topological polar surface area (TPSA) is 68.3 Å². The van der Waals surface area contributed by atoms with Crippen LogP contribution in [-0.2, 0) is 21.0 Å². The van der Waals surface area contributed by atoms with Crippen LogP contribution < -0.4 is 19.4 Å². The van der Waals surface area contributed by atoms with Crippen LogP contribution in [0.3, 0.4) is 0 Å². The number of methoxy groups -OCH3 is 1. The third kappa shape index (κ3) is 4.61. The predicted molar refractivity (Wildman–Crippen MR) is 150 cm³/mol. The Morgan fingerprint density at radius 1 is 0.850 bits per heavy atom. The summed E-state index contributed by atoms with van der Waals surface area (Å²) in [4.78, 5) is 34.7. The first-order chi connectivity index (χ1) is 19.5. The van der Waals surface area contributed by atoms with Crippen molar-refractivity contribution in [3.8, 4) is 11.5 Å². The molecule has 7 nitrogen and oxygen atoms in total. The summed E-state index contributed by atoms with van der Waals surface area (Å²) in [6, 6.07) is 27.2. The van der Waals surface area contributed by atoms with Crippen LogP contribution in [-0.4, -0.2) is 25.0 Å². The van der Waals surface area contributed by atoms with Crippen LogP contribution in [0.25, 0.3) is 0 Å². The monoisotopic (exact) mass is 602 g/mol. The van der Waals surface area contributed by atoms with Crippen LogP contribution in [0.4, 0.5) is 15.8 Å². The Morgan fingerprint density at radius 2 is 1.52 bits per heavy atom. The second-order valence-corrected chi connectivity index (χ2v) is 10.3. The fraction of sp³-hybridized carbons (Fsp3) is 0.161. The summed E-state index contributed by atoms with van der Waals surface area (Å²) in [5.41, 5.74) is 2.66. The van der Waals surface area contributed by atoms with E-state index in [0.717, 1.165) is 10.5 Å². The van der Waals surface area contributed by atoms with Crippen molar-refractivity contribution in [2.75, 3.05) is 17.1 Å². The van der Waals surface area contributed by atoms with Crippen molar-refractivity contribution < 1.29 is 28.3 Å². The lowest BCUT2D eigenvalue weighted by Crippen LogP contribution is -2.37. The summed E-state index contributed by atoms with van der Waals surface area (Å²) in [5.74, 6) is -1.27. The smallest absolute Gasteiger partial charge is 0.266 e. The first kappa shape index (κ1) is 26.0. The Morgan fingerprint density at radius 3 is 2.20 bits per heavy atom. The van der Waals surface area contributed by atoms with Crippen molar-refractivity contribution in [1.29, 1.82) is 0 Å². The first-order valence-electron chi connectivity index (χ1n) is 12.6. The number of benzene rings is 4. The van der Waals surface area contributed by atoms with E-state index in [-0.39, 0.29) is 0 Å². The van der Waals surface area contributed by atoms with Crippen molar-refractivity contribution >= 4 is 39.1 Å². The number of para-hydroxylation sites is 1. The van der Waals surface area contributed by atoms with Gasteiger partial charge in [0.15, 0.2) is 17.6 Å². The number of ether oxygens (including phenoxy) is 2. The number of amides is 2. The third-order valence-electron chi connectivity index (χ3n) is 7.05. The molecule has 0 aliphatic carbocycles. The zero-order valence-electron chi connectivity index (χ0n) is 21.4. The summed E-state index contributed by atoms with van der Waals surface area (Å²) in [6.45, 7) is 0.343. The van der Waals surface area contributed by atoms with E-state index < -0.39 is 35.7 Å². The van der Waals surface area contributed by atoms with Gasteiger partial charge in [-0.15, -0.1) is 0 Å². The summed E-state index contributed by atoms with van der Waals surface area (Å²) < 4.78 is 26.0. The molecule has 0 spiro atoms. The lowest BCUT2D eigenvalue weighted by molar-refractivity contribution is -0.126. The van der Waals surface area contributed by atoms with Crippen LogP contribution in [0, 0.1) is 11.7 Å². The first-order valence-corrected chi connectivity index (χ1v) is 13.4. The Labute approximate surface area is 238 Å². The average Bonchev–Trinajstić information content (AvgIpc) is 3.49. The standard InChI is InChI=1S/C31H24BrFN2O5/c1-38-25-16-23(24(32)17-26(25)39-18-19-8-4-2-5-9-19)28-27-29(40-35(28)22-10-6-3-7-11-22)31(37)34(30(27)36)21-14-12-20(33)13-15-21/h2-17,27-29H,18H2,1H3/t27-,28-,29-/m0/s1. The van der Waals surface area contributed by atoms with Crippen LogP contribution in [0.2, 0.25) is 0 Å². The minimum atomic E-state index is -1.06. The number of hydrogen-bond acceptors (Lipinski definition) is 6. The number of hydroxylamine groups is 1. The van der Waals surface area contributed by atoms with E-state index in [1.54, 1.807) is 24.3 Å². The molecule has 0 radical (unpaired) electrons. The second kappa shape index (κ2) is 10.7. The molecule has 0 saturated carbocycles. The molecule has 0 N–H and O–H groups in total. The van der Waals surface area contributed by atoms with Crippen molar-refractivity contribution in [3.05, 3.63) is 118 Å². The van der Waals surface area contributed by atoms with Gasteiger partial charge in [0, 0.05) is 4.47 Å². The minimum Gasteiger partial charge on any atom is -0.493 e. The number of hydrogen-bond donors (Lipinski definition) is 0. The Kier molecular flexibility index (Phi) is 7.00. The Bertz CT molecular complexity index is 1550. The highest BCUT2D eigenvalue weighted by atomic mass is 79.9. The number of nitrogens with zero attached hydrogens (tertiary/aromatic N) is 2. The second-order valence-electron chi connectivity index (χ2n) is 9.45. The summed E-state index contributed by atoms with van der Waals surface area (Å²) >= 11 is 3.68. The molecule has 4 aromatic rings. The molecular formula is C31H24BrFN2O5. The van der Waals surface area contributed by atoms with Gasteiger partial charge in [-0.25, -0.2) is 14.4 Å². The molecule has 2 aliphatic rings. The van der Waals surface area contributed by atoms with E-state index in [9.17, 15) is 14.0 Å². The molecule has 2 saturated heterocycles. The van der Waals surface area contributed by atoms with Gasteiger partial charge in [-0.05, 0) is 59.7 Å². The molecule has 0 bridgehead atoms. The molecule has 2 aliphatic heterocycles. The van der Waals surface area contributed by atoms with Gasteiger partial charge in [-0.3, -0.25) is 14.4 Å². The molecule has 0 aromatic heterocycles. The molecule has 0 unspecified atom stereocenters. The molecule has 6 rings (SSSR count). The van der Waals surface area contributed by atoms with Crippen LogP contribution in [0.15, 0.2) is 102 Å². The number of fused-ring (bicyclic) bond motifs is 1. The van der Waals surface area contributed by atoms with Gasteiger partial charge in [0.05, 0.1) is 24.5 Å². The maximum absolute atomic E-state index is 13.9. The van der Waals surface area contributed by atoms with E-state index in [4.69, 9.17) is 14.3 Å². The van der Waals surface area contributed by atoms with E-state index in [2.05, 4.69) is 15.9 Å². The summed E-state index contributed by atoms with van der Waals surface area (Å²) in [5, 5.41) is 1.61. The molecule has 2 fully saturated rings. The van der Waals surface area contributed by atoms with E-state index >= 15 is 0 Å². The van der Waals surface area contributed by atoms with E-state index in [0.29, 0.717) is 39.5 Å². The van der Waals surface area contributed by atoms with E-state index in [1.165, 1.54) is 24.3 Å². The molecule has 4 aromatic carbocycles. The molecular weight excluding hydrogens is 579 g/mol. The molecule has 2 amide bonds. The summed E-state index contributed by atoms with van der Waals surface area (Å²) in [7, 11) is 1.55. The largest absolute Gasteiger partial charge is 0.493 e. The maximum atomic E-state index is 13.9. The number of halogens is 2. The fourth-order valence-corrected chi connectivity index (χ4v) is 5.72. The van der Waals surface area contributed by atoms with Gasteiger partial charge >= 0.3 is 0 Å². The van der Waals surface area contributed by atoms with E-state index in [1.807, 2.05) is 60.7 Å². The zero-order valence-corrected chi connectivity index (χ0v) is 23.0. The SMILES string of the molecule is COc1cc([C@H]2[C@@H]3C(=O)N(c4ccc(F)cc4)C(=O)[C@H]3ON2c2ccccc2)c(Br)cc1OCc1ccccc1. The minimum absolute atomic E-state index is 0.292. The Balaban J connectivity index is 1.40. The van der Waals surface area contributed by atoms with Gasteiger partial charge in [0.2, 0.25) is 5.91 Å². The number of carbonyl (C=O) groups is 2. The maximum Gasteiger partial charge on any atom is 0.266 e. The molecule has 40 heavy (non-hydrogen) atoms. The van der Waals surface area contributed by atoms with Crippen molar-refractivity contribution in [3.63, 3.8) is 0 Å². The predicted octanol–water partition coefficient (Wildman–Crippen LogP) is 6.23. The molecule has 3 atom stereocenters. The zero-order chi connectivity index (χ0) is 27.8. The molecule has 2 heterocycles. The van der Waals surface area contributed by atoms with Crippen LogP contribution >= 0.6 is 15.9 Å². The van der Waals surface area contributed by atoms with Gasteiger partial charge in [-0.2, -0.15) is 0 Å². The fourth-order valence-electron chi connectivity index (χ4n) is 5.16. The number of imide groups is 1. The van der Waals surface area contributed by atoms with Crippen LogP contribution in [0.5, 0.6) is 11.5 Å². The average molecular weight is 603 g/mol. The van der Waals surface area contributed by atoms with Crippen molar-refractivity contribution in [1.82, 2.24) is 0 Å². The Hall–Kier alpha value is -4.21. The normalized spacial score (nSPS) is 20.1. The lowest BCUT2D eigenvalue weighted by atomic mass is 9.90. The molecule has 202 valence electrons. The highest BCUT2D eigenvalue weighted by Gasteiger charge is 2.60. The van der Waals surface area contributed by atoms with Gasteiger partial charge in [-0.1, -0.05) is 64.5 Å². The summed E-state index contributed by atoms with van der Waals surface area (Å²) in [6.07, 6.45) is -1.06. The third-order valence-corrected chi connectivity index (χ3v) is 7.74. The van der Waals surface area contributed by atoms with Crippen LogP contribution in [0.1, 0.15) is 17.2 Å². The lowest BCUT2D eigenvalue weighted by Gasteiger charge is -2.29. The van der Waals surface area contributed by atoms with Crippen molar-refractivity contribution in [2.45, 2.75) is 18.8 Å². The van der Waals surface area contributed by atoms with Gasteiger partial charge < -0.3 is 9.47 Å². The highest BCUT2D eigenvalue weighted by molar-refractivity contribution is 9.10. The number of carbonyl (C=O) groups excluding carboxylic acids is 2. The van der Waals surface area contributed by atoms with Crippen molar-refractivity contribution in [2.24, 2.45) is 5.92 Å². The quantitative estimate of drug-likeness (QED) is 0.234. The highest BCUT2D eigenvalue weighted by Crippen LogP contribution is 2.50.